The average molecular weight is 253 g/mol. The zero-order valence-corrected chi connectivity index (χ0v) is 10.4. The van der Waals surface area contributed by atoms with Gasteiger partial charge < -0.3 is 10.8 Å². The second-order valence-corrected chi connectivity index (χ2v) is 4.40. The highest BCUT2D eigenvalue weighted by atomic mass is 32.2. The molecule has 0 aliphatic carbocycles. The minimum Gasteiger partial charge on any atom is -0.396 e. The first-order chi connectivity index (χ1) is 8.26. The van der Waals surface area contributed by atoms with E-state index >= 15 is 0 Å². The smallest absolute Gasteiger partial charge is 0.191 e. The predicted octanol–water partition coefficient (Wildman–Crippen LogP) is 0.903. The van der Waals surface area contributed by atoms with E-state index < -0.39 is 0 Å². The number of aromatic nitrogens is 4. The fourth-order valence-corrected chi connectivity index (χ4v) is 1.95. The Kier molecular flexibility index (Phi) is 3.80. The summed E-state index contributed by atoms with van der Waals surface area (Å²) in [4.78, 5) is 8.57. The molecule has 2 heterocycles. The van der Waals surface area contributed by atoms with E-state index in [-0.39, 0.29) is 6.61 Å². The quantitative estimate of drug-likeness (QED) is 0.467. The molecular formula is C10H15N5OS. The SMILES string of the molecule is CSc1nc(N)c2cnn(CCCCO)c2n1. The third-order valence-electron chi connectivity index (χ3n) is 2.47. The van der Waals surface area contributed by atoms with Gasteiger partial charge in [0.2, 0.25) is 0 Å². The van der Waals surface area contributed by atoms with Gasteiger partial charge in [0.15, 0.2) is 10.8 Å². The number of hydrogen-bond donors (Lipinski definition) is 2. The van der Waals surface area contributed by atoms with Crippen LogP contribution in [0.2, 0.25) is 0 Å². The largest absolute Gasteiger partial charge is 0.396 e. The molecule has 2 rings (SSSR count). The summed E-state index contributed by atoms with van der Waals surface area (Å²) in [6.07, 6.45) is 5.23. The number of fused-ring (bicyclic) bond motifs is 1. The zero-order valence-electron chi connectivity index (χ0n) is 9.63. The Morgan fingerprint density at radius 3 is 2.94 bits per heavy atom. The second kappa shape index (κ2) is 5.33. The number of nitrogen functional groups attached to an aromatic ring is 1. The standard InChI is InChI=1S/C10H15N5OS/c1-17-10-13-8(11)7-6-12-15(9(7)14-10)4-2-3-5-16/h6,16H,2-5H2,1H3,(H2,11,13,14). The molecule has 2 aromatic heterocycles. The third kappa shape index (κ3) is 2.50. The number of hydrogen-bond acceptors (Lipinski definition) is 6. The number of nitrogens with two attached hydrogens (primary N) is 1. The van der Waals surface area contributed by atoms with Gasteiger partial charge in [0.1, 0.15) is 5.82 Å². The lowest BCUT2D eigenvalue weighted by atomic mass is 10.3. The van der Waals surface area contributed by atoms with Gasteiger partial charge in [0.05, 0.1) is 11.6 Å². The molecule has 0 spiro atoms. The molecule has 0 saturated heterocycles. The van der Waals surface area contributed by atoms with E-state index in [9.17, 15) is 0 Å². The molecule has 2 aromatic rings. The highest BCUT2D eigenvalue weighted by Gasteiger charge is 2.10. The lowest BCUT2D eigenvalue weighted by Crippen LogP contribution is -2.03. The van der Waals surface area contributed by atoms with E-state index in [1.54, 1.807) is 6.20 Å². The summed E-state index contributed by atoms with van der Waals surface area (Å²) in [6, 6.07) is 0. The molecule has 17 heavy (non-hydrogen) atoms. The van der Waals surface area contributed by atoms with Gasteiger partial charge >= 0.3 is 0 Å². The number of aryl methyl sites for hydroxylation is 1. The maximum absolute atomic E-state index is 8.76. The van der Waals surface area contributed by atoms with Gasteiger partial charge in [-0.05, 0) is 19.1 Å². The van der Waals surface area contributed by atoms with Crippen LogP contribution in [0, 0.1) is 0 Å². The van der Waals surface area contributed by atoms with Gasteiger partial charge in [-0.1, -0.05) is 11.8 Å². The lowest BCUT2D eigenvalue weighted by Gasteiger charge is -2.03. The molecule has 0 amide bonds. The van der Waals surface area contributed by atoms with Gasteiger partial charge in [-0.2, -0.15) is 5.10 Å². The molecule has 0 bridgehead atoms. The number of thioether (sulfide) groups is 1. The summed E-state index contributed by atoms with van der Waals surface area (Å²) >= 11 is 1.45. The predicted molar refractivity (Wildman–Crippen MR) is 67.8 cm³/mol. The third-order valence-corrected chi connectivity index (χ3v) is 3.01. The number of unbranched alkanes of at least 4 members (excludes halogenated alkanes) is 1. The molecule has 92 valence electrons. The van der Waals surface area contributed by atoms with Crippen LogP contribution in [0.1, 0.15) is 12.8 Å². The summed E-state index contributed by atoms with van der Waals surface area (Å²) in [7, 11) is 0. The summed E-state index contributed by atoms with van der Waals surface area (Å²) in [5, 5.41) is 14.4. The van der Waals surface area contributed by atoms with Crippen LogP contribution in [-0.4, -0.2) is 37.7 Å². The molecule has 6 nitrogen and oxygen atoms in total. The van der Waals surface area contributed by atoms with Crippen LogP contribution in [0.4, 0.5) is 5.82 Å². The molecule has 0 atom stereocenters. The van der Waals surface area contributed by atoms with E-state index in [0.29, 0.717) is 11.0 Å². The second-order valence-electron chi connectivity index (χ2n) is 3.63. The van der Waals surface area contributed by atoms with E-state index in [2.05, 4.69) is 15.1 Å². The Morgan fingerprint density at radius 2 is 2.24 bits per heavy atom. The van der Waals surface area contributed by atoms with Crippen LogP contribution in [0.15, 0.2) is 11.4 Å². The van der Waals surface area contributed by atoms with Crippen LogP contribution < -0.4 is 5.73 Å². The van der Waals surface area contributed by atoms with Crippen LogP contribution in [0.3, 0.4) is 0 Å². The van der Waals surface area contributed by atoms with Crippen molar-refractivity contribution in [2.24, 2.45) is 0 Å². The molecule has 7 heteroatoms. The minimum atomic E-state index is 0.201. The van der Waals surface area contributed by atoms with Gasteiger partial charge in [0.25, 0.3) is 0 Å². The molecule has 0 aromatic carbocycles. The number of rotatable bonds is 5. The summed E-state index contributed by atoms with van der Waals surface area (Å²) in [5.41, 5.74) is 6.61. The van der Waals surface area contributed by atoms with Gasteiger partial charge in [-0.3, -0.25) is 0 Å². The first-order valence-electron chi connectivity index (χ1n) is 5.40. The maximum atomic E-state index is 8.76. The highest BCUT2D eigenvalue weighted by molar-refractivity contribution is 7.98. The Hall–Kier alpha value is -1.34. The Balaban J connectivity index is 2.33. The van der Waals surface area contributed by atoms with Crippen molar-refractivity contribution in [1.29, 1.82) is 0 Å². The van der Waals surface area contributed by atoms with Crippen LogP contribution >= 0.6 is 11.8 Å². The molecule has 0 saturated carbocycles. The van der Waals surface area contributed by atoms with Crippen molar-refractivity contribution in [3.05, 3.63) is 6.20 Å². The molecule has 3 N–H and O–H groups in total. The Labute approximate surface area is 103 Å². The summed E-state index contributed by atoms with van der Waals surface area (Å²) in [6.45, 7) is 0.931. The van der Waals surface area contributed by atoms with Crippen molar-refractivity contribution in [2.75, 3.05) is 18.6 Å². The zero-order chi connectivity index (χ0) is 12.3. The first kappa shape index (κ1) is 12.1. The van der Waals surface area contributed by atoms with E-state index in [1.165, 1.54) is 11.8 Å². The van der Waals surface area contributed by atoms with Crippen molar-refractivity contribution in [2.45, 2.75) is 24.5 Å². The Bertz CT molecular complexity index is 513. The van der Waals surface area contributed by atoms with Crippen LogP contribution in [0.5, 0.6) is 0 Å². The molecule has 0 fully saturated rings. The number of aliphatic hydroxyl groups is 1. The molecular weight excluding hydrogens is 238 g/mol. The monoisotopic (exact) mass is 253 g/mol. The van der Waals surface area contributed by atoms with E-state index in [1.807, 2.05) is 10.9 Å². The summed E-state index contributed by atoms with van der Waals surface area (Å²) < 4.78 is 1.81. The average Bonchev–Trinajstić information content (AvgIpc) is 2.73. The van der Waals surface area contributed by atoms with Crippen LogP contribution in [-0.2, 0) is 6.54 Å². The first-order valence-corrected chi connectivity index (χ1v) is 6.62. The molecule has 0 aliphatic rings. The van der Waals surface area contributed by atoms with Crippen molar-refractivity contribution >= 4 is 28.6 Å². The fraction of sp³-hybridized carbons (Fsp3) is 0.500. The lowest BCUT2D eigenvalue weighted by molar-refractivity contribution is 0.280. The van der Waals surface area contributed by atoms with Gasteiger partial charge in [-0.25, -0.2) is 14.6 Å². The van der Waals surface area contributed by atoms with Crippen molar-refractivity contribution < 1.29 is 5.11 Å². The molecule has 0 radical (unpaired) electrons. The number of nitrogens with zero attached hydrogens (tertiary/aromatic N) is 4. The topological polar surface area (TPSA) is 89.8 Å². The molecule has 0 aliphatic heterocycles. The number of aliphatic hydroxyl groups excluding tert-OH is 1. The van der Waals surface area contributed by atoms with E-state index in [4.69, 9.17) is 10.8 Å². The van der Waals surface area contributed by atoms with Crippen molar-refractivity contribution in [3.63, 3.8) is 0 Å². The molecule has 0 unspecified atom stereocenters. The number of anilines is 1. The minimum absolute atomic E-state index is 0.201. The van der Waals surface area contributed by atoms with Crippen LogP contribution in [0.25, 0.3) is 11.0 Å². The normalized spacial score (nSPS) is 11.2. The Morgan fingerprint density at radius 1 is 1.41 bits per heavy atom. The highest BCUT2D eigenvalue weighted by Crippen LogP contribution is 2.21. The maximum Gasteiger partial charge on any atom is 0.191 e. The van der Waals surface area contributed by atoms with Gasteiger partial charge in [0, 0.05) is 13.2 Å². The van der Waals surface area contributed by atoms with Gasteiger partial charge in [-0.15, -0.1) is 0 Å². The van der Waals surface area contributed by atoms with Crippen molar-refractivity contribution in [3.8, 4) is 0 Å². The fourth-order valence-electron chi connectivity index (χ4n) is 1.58. The van der Waals surface area contributed by atoms with E-state index in [0.717, 1.165) is 30.4 Å². The van der Waals surface area contributed by atoms with Crippen molar-refractivity contribution in [1.82, 2.24) is 19.7 Å². The summed E-state index contributed by atoms with van der Waals surface area (Å²) in [5.74, 6) is 0.466.